The van der Waals surface area contributed by atoms with Crippen LogP contribution in [0, 0.1) is 0 Å². The van der Waals surface area contributed by atoms with E-state index in [2.05, 4.69) is 10.1 Å². The number of carbonyl (C=O) groups is 2. The maximum Gasteiger partial charge on any atom is 0.573 e. The van der Waals surface area contributed by atoms with Crippen LogP contribution in [0.1, 0.15) is 10.4 Å². The van der Waals surface area contributed by atoms with E-state index in [1.54, 1.807) is 0 Å². The van der Waals surface area contributed by atoms with Crippen molar-refractivity contribution in [1.82, 2.24) is 0 Å². The van der Waals surface area contributed by atoms with Crippen LogP contribution < -0.4 is 10.1 Å². The molecule has 0 bridgehead atoms. The van der Waals surface area contributed by atoms with E-state index in [0.29, 0.717) is 15.7 Å². The Labute approximate surface area is 155 Å². The number of hydrogen-bond acceptors (Lipinski definition) is 4. The normalized spacial score (nSPS) is 11.0. The van der Waals surface area contributed by atoms with Crippen LogP contribution in [-0.2, 0) is 9.53 Å². The Hall–Kier alpha value is -2.45. The molecular weight excluding hydrogens is 398 g/mol. The van der Waals surface area contributed by atoms with Crippen molar-refractivity contribution in [1.29, 1.82) is 0 Å². The predicted molar refractivity (Wildman–Crippen MR) is 88.5 cm³/mol. The molecule has 0 saturated carbocycles. The second-order valence-electron chi connectivity index (χ2n) is 4.85. The summed E-state index contributed by atoms with van der Waals surface area (Å²) in [6.45, 7) is -0.607. The van der Waals surface area contributed by atoms with Crippen molar-refractivity contribution < 1.29 is 32.2 Å². The molecule has 10 heteroatoms. The Balaban J connectivity index is 1.88. The van der Waals surface area contributed by atoms with Crippen molar-refractivity contribution in [3.63, 3.8) is 0 Å². The fraction of sp³-hybridized carbons (Fsp3) is 0.125. The number of carbonyl (C=O) groups excluding carboxylic acids is 2. The zero-order valence-electron chi connectivity index (χ0n) is 12.8. The molecule has 0 aromatic heterocycles. The second-order valence-corrected chi connectivity index (χ2v) is 5.73. The Morgan fingerprint density at radius 3 is 2.12 bits per heavy atom. The summed E-state index contributed by atoms with van der Waals surface area (Å²) in [5.74, 6) is -2.01. The van der Waals surface area contributed by atoms with Gasteiger partial charge in [-0.3, -0.25) is 4.79 Å². The van der Waals surface area contributed by atoms with Gasteiger partial charge < -0.3 is 14.8 Å². The van der Waals surface area contributed by atoms with Crippen molar-refractivity contribution in [2.75, 3.05) is 11.9 Å². The van der Waals surface area contributed by atoms with Crippen molar-refractivity contribution in [3.05, 3.63) is 58.1 Å². The molecule has 0 aliphatic rings. The van der Waals surface area contributed by atoms with Crippen LogP contribution in [0.5, 0.6) is 5.75 Å². The van der Waals surface area contributed by atoms with E-state index in [0.717, 1.165) is 24.3 Å². The maximum absolute atomic E-state index is 12.1. The summed E-state index contributed by atoms with van der Waals surface area (Å²) in [6.07, 6.45) is -4.83. The van der Waals surface area contributed by atoms with Crippen molar-refractivity contribution >= 4 is 40.8 Å². The first-order valence-corrected chi connectivity index (χ1v) is 7.67. The van der Waals surface area contributed by atoms with Crippen LogP contribution in [0.4, 0.5) is 18.9 Å². The molecule has 0 heterocycles. The van der Waals surface area contributed by atoms with Crippen molar-refractivity contribution in [3.8, 4) is 5.75 Å². The molecule has 0 aliphatic heterocycles. The lowest BCUT2D eigenvalue weighted by Gasteiger charge is -2.09. The molecule has 0 radical (unpaired) electrons. The first-order valence-electron chi connectivity index (χ1n) is 6.91. The third kappa shape index (κ3) is 6.45. The summed E-state index contributed by atoms with van der Waals surface area (Å²) in [7, 11) is 0. The zero-order chi connectivity index (χ0) is 19.3. The fourth-order valence-electron chi connectivity index (χ4n) is 1.83. The standard InChI is InChI=1S/C16H10Cl2F3NO4/c17-10-5-11(18)7-12(6-10)22-14(23)8-25-15(24)9-1-3-13(4-2-9)26-16(19,20)21/h1-7H,8H2,(H,22,23). The quantitative estimate of drug-likeness (QED) is 0.730. The molecule has 138 valence electrons. The number of nitrogens with one attached hydrogen (secondary N) is 1. The van der Waals surface area contributed by atoms with Crippen LogP contribution in [0.25, 0.3) is 0 Å². The van der Waals surface area contributed by atoms with Crippen LogP contribution in [0.3, 0.4) is 0 Å². The molecule has 0 aliphatic carbocycles. The highest BCUT2D eigenvalue weighted by Crippen LogP contribution is 2.23. The summed E-state index contributed by atoms with van der Waals surface area (Å²) in [4.78, 5) is 23.6. The molecule has 1 amide bonds. The number of esters is 1. The lowest BCUT2D eigenvalue weighted by molar-refractivity contribution is -0.274. The minimum atomic E-state index is -4.83. The smallest absolute Gasteiger partial charge is 0.452 e. The number of amides is 1. The van der Waals surface area contributed by atoms with E-state index >= 15 is 0 Å². The number of alkyl halides is 3. The molecule has 1 N–H and O–H groups in total. The lowest BCUT2D eigenvalue weighted by atomic mass is 10.2. The van der Waals surface area contributed by atoms with Gasteiger partial charge >= 0.3 is 12.3 Å². The number of benzene rings is 2. The van der Waals surface area contributed by atoms with Gasteiger partial charge in [0, 0.05) is 15.7 Å². The topological polar surface area (TPSA) is 64.6 Å². The van der Waals surface area contributed by atoms with E-state index in [4.69, 9.17) is 27.9 Å². The van der Waals surface area contributed by atoms with E-state index < -0.39 is 30.6 Å². The largest absolute Gasteiger partial charge is 0.573 e. The molecular formula is C16H10Cl2F3NO4. The molecule has 0 atom stereocenters. The zero-order valence-corrected chi connectivity index (χ0v) is 14.3. The maximum atomic E-state index is 12.1. The minimum Gasteiger partial charge on any atom is -0.452 e. The van der Waals surface area contributed by atoms with E-state index in [-0.39, 0.29) is 5.56 Å². The summed E-state index contributed by atoms with van der Waals surface area (Å²) >= 11 is 11.6. The Bertz CT molecular complexity index is 790. The van der Waals surface area contributed by atoms with E-state index in [1.807, 2.05) is 0 Å². The molecule has 0 saturated heterocycles. The van der Waals surface area contributed by atoms with Gasteiger partial charge in [0.1, 0.15) is 5.75 Å². The Morgan fingerprint density at radius 1 is 1.00 bits per heavy atom. The molecule has 0 unspecified atom stereocenters. The van der Waals surface area contributed by atoms with Gasteiger partial charge in [0.2, 0.25) is 0 Å². The van der Waals surface area contributed by atoms with Gasteiger partial charge in [-0.2, -0.15) is 0 Å². The molecule has 2 rings (SSSR count). The SMILES string of the molecule is O=C(COC(=O)c1ccc(OC(F)(F)F)cc1)Nc1cc(Cl)cc(Cl)c1. The van der Waals surface area contributed by atoms with E-state index in [1.165, 1.54) is 18.2 Å². The third-order valence-corrected chi connectivity index (χ3v) is 3.24. The average Bonchev–Trinajstić information content (AvgIpc) is 2.50. The number of rotatable bonds is 5. The molecule has 2 aromatic rings. The average molecular weight is 408 g/mol. The van der Waals surface area contributed by atoms with Crippen LogP contribution in [-0.4, -0.2) is 24.8 Å². The molecule has 0 spiro atoms. The fourth-order valence-corrected chi connectivity index (χ4v) is 2.36. The van der Waals surface area contributed by atoms with Gasteiger partial charge in [0.15, 0.2) is 6.61 Å². The molecule has 0 fully saturated rings. The van der Waals surface area contributed by atoms with Crippen molar-refractivity contribution in [2.24, 2.45) is 0 Å². The summed E-state index contributed by atoms with van der Waals surface area (Å²) in [6, 6.07) is 8.45. The Morgan fingerprint density at radius 2 is 1.58 bits per heavy atom. The van der Waals surface area contributed by atoms with Gasteiger partial charge in [-0.05, 0) is 42.5 Å². The molecule has 5 nitrogen and oxygen atoms in total. The predicted octanol–water partition coefficient (Wildman–Crippen LogP) is 4.69. The monoisotopic (exact) mass is 407 g/mol. The molecule has 2 aromatic carbocycles. The van der Waals surface area contributed by atoms with E-state index in [9.17, 15) is 22.8 Å². The number of halogens is 5. The van der Waals surface area contributed by atoms with Crippen molar-refractivity contribution in [2.45, 2.75) is 6.36 Å². The molecule has 26 heavy (non-hydrogen) atoms. The van der Waals surface area contributed by atoms with Gasteiger partial charge in [0.05, 0.1) is 5.56 Å². The highest BCUT2D eigenvalue weighted by Gasteiger charge is 2.31. The van der Waals surface area contributed by atoms with Gasteiger partial charge in [-0.1, -0.05) is 23.2 Å². The van der Waals surface area contributed by atoms with Gasteiger partial charge in [-0.15, -0.1) is 13.2 Å². The second kappa shape index (κ2) is 8.29. The minimum absolute atomic E-state index is 0.0434. The van der Waals surface area contributed by atoms with Crippen LogP contribution in [0.15, 0.2) is 42.5 Å². The Kier molecular flexibility index (Phi) is 6.33. The van der Waals surface area contributed by atoms with Crippen LogP contribution in [0.2, 0.25) is 10.0 Å². The van der Waals surface area contributed by atoms with Gasteiger partial charge in [-0.25, -0.2) is 4.79 Å². The number of ether oxygens (including phenoxy) is 2. The highest BCUT2D eigenvalue weighted by atomic mass is 35.5. The number of hydrogen-bond donors (Lipinski definition) is 1. The van der Waals surface area contributed by atoms with Gasteiger partial charge in [0.25, 0.3) is 5.91 Å². The van der Waals surface area contributed by atoms with Crippen LogP contribution >= 0.6 is 23.2 Å². The summed E-state index contributed by atoms with van der Waals surface area (Å²) < 4.78 is 44.7. The lowest BCUT2D eigenvalue weighted by Crippen LogP contribution is -2.21. The number of anilines is 1. The summed E-state index contributed by atoms with van der Waals surface area (Å²) in [5.41, 5.74) is 0.273. The third-order valence-electron chi connectivity index (χ3n) is 2.80. The first kappa shape index (κ1) is 19.9. The first-order chi connectivity index (χ1) is 12.1. The highest BCUT2D eigenvalue weighted by molar-refractivity contribution is 6.35. The summed E-state index contributed by atoms with van der Waals surface area (Å²) in [5, 5.41) is 3.06.